The summed E-state index contributed by atoms with van der Waals surface area (Å²) in [5.74, 6) is 0.769. The zero-order chi connectivity index (χ0) is 16.6. The molecule has 5 nitrogen and oxygen atoms in total. The number of hydrogen-bond acceptors (Lipinski definition) is 4. The van der Waals surface area contributed by atoms with Crippen LogP contribution in [-0.4, -0.2) is 16.2 Å². The molecule has 23 heavy (non-hydrogen) atoms. The maximum Gasteiger partial charge on any atom is 0.138 e. The van der Waals surface area contributed by atoms with Crippen molar-refractivity contribution in [2.45, 2.75) is 20.0 Å². The fourth-order valence-electron chi connectivity index (χ4n) is 2.56. The number of aromatic nitrogens is 1. The molecule has 1 heterocycles. The van der Waals surface area contributed by atoms with Gasteiger partial charge in [-0.3, -0.25) is 0 Å². The van der Waals surface area contributed by atoms with E-state index < -0.39 is 0 Å². The summed E-state index contributed by atoms with van der Waals surface area (Å²) in [7, 11) is 0. The summed E-state index contributed by atoms with van der Waals surface area (Å²) < 4.78 is 5.69. The second kappa shape index (κ2) is 5.58. The highest BCUT2D eigenvalue weighted by molar-refractivity contribution is 5.94. The van der Waals surface area contributed by atoms with E-state index in [1.54, 1.807) is 12.1 Å². The van der Waals surface area contributed by atoms with E-state index >= 15 is 0 Å². The van der Waals surface area contributed by atoms with Crippen LogP contribution in [-0.2, 0) is 0 Å². The Morgan fingerprint density at radius 2 is 2.00 bits per heavy atom. The second-order valence-electron chi connectivity index (χ2n) is 5.63. The van der Waals surface area contributed by atoms with Crippen LogP contribution in [0.5, 0.6) is 11.5 Å². The average Bonchev–Trinajstić information content (AvgIpc) is 2.87. The quantitative estimate of drug-likeness (QED) is 0.507. The van der Waals surface area contributed by atoms with E-state index in [4.69, 9.17) is 10.5 Å². The van der Waals surface area contributed by atoms with E-state index in [1.165, 1.54) is 6.07 Å². The van der Waals surface area contributed by atoms with Gasteiger partial charge in [0.1, 0.15) is 17.6 Å². The molecular weight excluding hydrogens is 290 g/mol. The van der Waals surface area contributed by atoms with Gasteiger partial charge in [0, 0.05) is 17.0 Å². The SMILES string of the molecule is CC(C)Oc1ccc2c(C#N)c(-c3ccc(O)c(N)c3)[nH]c2c1. The van der Waals surface area contributed by atoms with Gasteiger partial charge in [0.05, 0.1) is 28.6 Å². The molecule has 0 atom stereocenters. The van der Waals surface area contributed by atoms with Gasteiger partial charge in [0.15, 0.2) is 0 Å². The van der Waals surface area contributed by atoms with Gasteiger partial charge in [0.25, 0.3) is 0 Å². The number of hydrogen-bond donors (Lipinski definition) is 3. The largest absolute Gasteiger partial charge is 0.506 e. The molecule has 0 bridgehead atoms. The van der Waals surface area contributed by atoms with Crippen LogP contribution in [0.4, 0.5) is 5.69 Å². The van der Waals surface area contributed by atoms with Crippen molar-refractivity contribution < 1.29 is 9.84 Å². The van der Waals surface area contributed by atoms with E-state index in [9.17, 15) is 10.4 Å². The lowest BCUT2D eigenvalue weighted by Gasteiger charge is -2.09. The first kappa shape index (κ1) is 14.8. The van der Waals surface area contributed by atoms with Crippen molar-refractivity contribution in [3.63, 3.8) is 0 Å². The lowest BCUT2D eigenvalue weighted by atomic mass is 10.1. The molecule has 4 N–H and O–H groups in total. The summed E-state index contributed by atoms with van der Waals surface area (Å²) in [5, 5.41) is 19.9. The van der Waals surface area contributed by atoms with Crippen molar-refractivity contribution in [3.05, 3.63) is 42.0 Å². The molecule has 3 aromatic rings. The van der Waals surface area contributed by atoms with E-state index in [1.807, 2.05) is 32.0 Å². The van der Waals surface area contributed by atoms with Crippen LogP contribution < -0.4 is 10.5 Å². The standard InChI is InChI=1S/C18H17N3O2/c1-10(2)23-12-4-5-13-14(9-19)18(21-16(13)8-12)11-3-6-17(22)15(20)7-11/h3-8,10,21-22H,20H2,1-2H3. The van der Waals surface area contributed by atoms with Crippen molar-refractivity contribution >= 4 is 16.6 Å². The van der Waals surface area contributed by atoms with E-state index in [0.717, 1.165) is 22.2 Å². The molecule has 0 amide bonds. The predicted octanol–water partition coefficient (Wildman–Crippen LogP) is 3.78. The Labute approximate surface area is 133 Å². The summed E-state index contributed by atoms with van der Waals surface area (Å²) in [6.45, 7) is 3.93. The van der Waals surface area contributed by atoms with Gasteiger partial charge in [-0.2, -0.15) is 5.26 Å². The lowest BCUT2D eigenvalue weighted by Crippen LogP contribution is -2.05. The highest BCUT2D eigenvalue weighted by Crippen LogP contribution is 2.34. The monoisotopic (exact) mass is 307 g/mol. The fourth-order valence-corrected chi connectivity index (χ4v) is 2.56. The Bertz CT molecular complexity index is 920. The van der Waals surface area contributed by atoms with Crippen LogP contribution in [0.15, 0.2) is 36.4 Å². The molecule has 0 saturated heterocycles. The van der Waals surface area contributed by atoms with E-state index in [-0.39, 0.29) is 17.5 Å². The van der Waals surface area contributed by atoms with E-state index in [0.29, 0.717) is 11.3 Å². The summed E-state index contributed by atoms with van der Waals surface area (Å²) in [5.41, 5.74) is 8.82. The second-order valence-corrected chi connectivity index (χ2v) is 5.63. The van der Waals surface area contributed by atoms with Crippen LogP contribution in [0.3, 0.4) is 0 Å². The summed E-state index contributed by atoms with van der Waals surface area (Å²) in [4.78, 5) is 3.25. The molecule has 3 rings (SSSR count). The van der Waals surface area contributed by atoms with Crippen molar-refractivity contribution in [1.29, 1.82) is 5.26 Å². The normalized spacial score (nSPS) is 10.9. The zero-order valence-corrected chi connectivity index (χ0v) is 12.9. The number of nitrogens with two attached hydrogens (primary N) is 1. The lowest BCUT2D eigenvalue weighted by molar-refractivity contribution is 0.242. The molecule has 2 aromatic carbocycles. The molecule has 0 spiro atoms. The molecule has 0 unspecified atom stereocenters. The minimum atomic E-state index is 0.0241. The topological polar surface area (TPSA) is 95.1 Å². The number of rotatable bonds is 3. The Hall–Kier alpha value is -3.13. The summed E-state index contributed by atoms with van der Waals surface area (Å²) >= 11 is 0. The Kier molecular flexibility index (Phi) is 3.59. The highest BCUT2D eigenvalue weighted by Gasteiger charge is 2.14. The first-order valence-electron chi connectivity index (χ1n) is 7.31. The number of benzene rings is 2. The number of H-pyrrole nitrogens is 1. The number of fused-ring (bicyclic) bond motifs is 1. The smallest absolute Gasteiger partial charge is 0.138 e. The minimum absolute atomic E-state index is 0.0241. The number of ether oxygens (including phenoxy) is 1. The first-order chi connectivity index (χ1) is 11.0. The van der Waals surface area contributed by atoms with Crippen molar-refractivity contribution in [3.8, 4) is 28.8 Å². The number of nitrogen functional groups attached to an aromatic ring is 1. The van der Waals surface area contributed by atoms with Crippen molar-refractivity contribution in [2.24, 2.45) is 0 Å². The average molecular weight is 307 g/mol. The molecule has 0 aliphatic carbocycles. The Morgan fingerprint density at radius 3 is 2.65 bits per heavy atom. The number of nitrogens with one attached hydrogen (secondary N) is 1. The molecule has 116 valence electrons. The van der Waals surface area contributed by atoms with Crippen LogP contribution in [0, 0.1) is 11.3 Å². The number of phenols is 1. The zero-order valence-electron chi connectivity index (χ0n) is 12.9. The molecule has 0 aliphatic rings. The maximum absolute atomic E-state index is 9.56. The van der Waals surface area contributed by atoms with Crippen LogP contribution in [0.1, 0.15) is 19.4 Å². The molecule has 0 radical (unpaired) electrons. The number of nitriles is 1. The predicted molar refractivity (Wildman–Crippen MR) is 90.3 cm³/mol. The number of nitrogens with zero attached hydrogens (tertiary/aromatic N) is 1. The van der Waals surface area contributed by atoms with Gasteiger partial charge in [-0.05, 0) is 44.2 Å². The Morgan fingerprint density at radius 1 is 1.22 bits per heavy atom. The molecule has 0 saturated carbocycles. The third kappa shape index (κ3) is 2.67. The first-order valence-corrected chi connectivity index (χ1v) is 7.31. The van der Waals surface area contributed by atoms with Gasteiger partial charge in [-0.15, -0.1) is 0 Å². The molecule has 0 aliphatic heterocycles. The van der Waals surface area contributed by atoms with Crippen LogP contribution in [0.25, 0.3) is 22.2 Å². The van der Waals surface area contributed by atoms with Gasteiger partial charge in [0.2, 0.25) is 0 Å². The van der Waals surface area contributed by atoms with Gasteiger partial charge >= 0.3 is 0 Å². The van der Waals surface area contributed by atoms with Crippen LogP contribution >= 0.6 is 0 Å². The summed E-state index contributed by atoms with van der Waals surface area (Å²) in [6.07, 6.45) is 0.0780. The van der Waals surface area contributed by atoms with Gasteiger partial charge in [-0.25, -0.2) is 0 Å². The van der Waals surface area contributed by atoms with Crippen molar-refractivity contribution in [1.82, 2.24) is 4.98 Å². The third-order valence-electron chi connectivity index (χ3n) is 3.57. The number of aromatic amines is 1. The van der Waals surface area contributed by atoms with Crippen LogP contribution in [0.2, 0.25) is 0 Å². The van der Waals surface area contributed by atoms with E-state index in [2.05, 4.69) is 11.1 Å². The molecular formula is C18H17N3O2. The number of aromatic hydroxyl groups is 1. The third-order valence-corrected chi connectivity index (χ3v) is 3.57. The number of phenolic OH excluding ortho intramolecular Hbond substituents is 1. The number of anilines is 1. The maximum atomic E-state index is 9.56. The molecule has 0 fully saturated rings. The fraction of sp³-hybridized carbons (Fsp3) is 0.167. The van der Waals surface area contributed by atoms with Gasteiger partial charge < -0.3 is 20.6 Å². The Balaban J connectivity index is 2.17. The molecule has 5 heteroatoms. The highest BCUT2D eigenvalue weighted by atomic mass is 16.5. The van der Waals surface area contributed by atoms with Crippen molar-refractivity contribution in [2.75, 3.05) is 5.73 Å². The minimum Gasteiger partial charge on any atom is -0.506 e. The van der Waals surface area contributed by atoms with Gasteiger partial charge in [-0.1, -0.05) is 0 Å². The molecule has 1 aromatic heterocycles. The summed E-state index contributed by atoms with van der Waals surface area (Å²) in [6, 6.07) is 12.7.